The van der Waals surface area contributed by atoms with Gasteiger partial charge in [-0.15, -0.1) is 11.6 Å². The lowest BCUT2D eigenvalue weighted by atomic mass is 9.81. The summed E-state index contributed by atoms with van der Waals surface area (Å²) in [6.07, 6.45) is 2.97. The number of methoxy groups -OCH3 is 2. The van der Waals surface area contributed by atoms with E-state index >= 15 is 4.79 Å². The SMILES string of the molecule is COc1c(O)c2c(c3cc(C(=O)N4CCc5c4c(O)c(OC)c4[nH]c(C(=O)N6C[C@@H](CCl)C7C6=CC(OC(=O)N(CCOCCO)CCN(C)C(=O)OCc6ccc(NC(=O)[C@H](CCCNC(N)=O)CC(=O)[C@@H](NC(=O)OCCOCCN8C(=O)C=CC8=O)C(C)C)cc6)c6[nH]cc(C)c67)cc54)[nH]c13)CCN2C(N)=O. The van der Waals surface area contributed by atoms with E-state index in [0.717, 1.165) is 28.2 Å². The number of primary amides is 2. The second-order valence-electron chi connectivity index (χ2n) is 27.4. The smallest absolute Gasteiger partial charge is 0.410 e. The number of urea groups is 2. The molecule has 1 saturated heterocycles. The fraction of sp³-hybridized carbons (Fsp3) is 0.446. The third-order valence-corrected chi connectivity index (χ3v) is 20.5. The summed E-state index contributed by atoms with van der Waals surface area (Å²) in [5.41, 5.74) is 16.8. The maximum Gasteiger partial charge on any atom is 0.410 e. The molecule has 0 spiro atoms. The quantitative estimate of drug-likeness (QED) is 0.0101. The standard InChI is InChI=1S/C74H89ClN14O21/c1-38(2)57(83-72(101)108-29-28-107-26-23-86-53(92)13-14-54(86)93)51(91)30-41(8-7-17-78-70(76)99)67(96)80-43-11-9-40(10-12-43)37-109-73(102)84(4)20-21-85(22-25-106-27-24-90)74(103)110-52-33-50-56(55-39(3)35-79-60(52)55)42(34-75)36-89(50)69(98)49-32-46-44-15-18-87(61(44)63(94)65(104-5)58(46)82-49)68(97)48-31-47-45-16-19-88(71(77)100)62(45)64(95)66(105-6)59(47)81-48/h9-14,31-33,35,38,41-42,52,56-57,79,81-82,90,94-95H,7-8,15-30,34,36-37H2,1-6H3,(H2,77,100)(H,80,96)(H,83,101)(H3,76,78,99)/t41-,42-,52?,56?,57+/m1/s1. The number of aliphatic hydroxyl groups excluding tert-OH is 1. The summed E-state index contributed by atoms with van der Waals surface area (Å²) in [6.45, 7) is 4.99. The summed E-state index contributed by atoms with van der Waals surface area (Å²) in [7, 11) is 4.18. The van der Waals surface area contributed by atoms with Crippen molar-refractivity contribution >= 4 is 116 Å². The van der Waals surface area contributed by atoms with Gasteiger partial charge < -0.3 is 110 Å². The van der Waals surface area contributed by atoms with Crippen molar-refractivity contribution in [3.8, 4) is 23.0 Å². The van der Waals surface area contributed by atoms with Gasteiger partial charge in [-0.25, -0.2) is 24.0 Å². The van der Waals surface area contributed by atoms with Crippen LogP contribution in [0.4, 0.5) is 41.0 Å². The number of carbonyl (C=O) groups excluding carboxylic acids is 11. The zero-order chi connectivity index (χ0) is 78.9. The van der Waals surface area contributed by atoms with E-state index in [-0.39, 0.29) is 182 Å². The number of phenols is 2. The van der Waals surface area contributed by atoms with Crippen LogP contribution in [-0.4, -0.2) is 241 Å². The van der Waals surface area contributed by atoms with Crippen molar-refractivity contribution in [1.82, 2.24) is 45.2 Å². The molecule has 12 amide bonds. The molecule has 3 aromatic heterocycles. The van der Waals surface area contributed by atoms with Crippen LogP contribution in [0.3, 0.4) is 0 Å². The molecule has 5 aliphatic rings. The zero-order valence-corrected chi connectivity index (χ0v) is 62.2. The van der Waals surface area contributed by atoms with Crippen LogP contribution in [0, 0.1) is 24.7 Å². The number of aromatic amines is 3. The number of ether oxygens (including phenoxy) is 7. The Morgan fingerprint density at radius 3 is 2.01 bits per heavy atom. The third kappa shape index (κ3) is 16.8. The lowest BCUT2D eigenvalue weighted by Gasteiger charge is -2.31. The molecule has 5 atom stereocenters. The molecule has 6 aromatic rings. The molecule has 36 heteroatoms. The second-order valence-corrected chi connectivity index (χ2v) is 27.7. The number of Topliss-reactive ketones (excluding diaryl/α,β-unsaturated/α-hetero) is 1. The van der Waals surface area contributed by atoms with E-state index in [2.05, 4.69) is 30.9 Å². The van der Waals surface area contributed by atoms with Crippen LogP contribution in [0.15, 0.2) is 66.5 Å². The highest BCUT2D eigenvalue weighted by Crippen LogP contribution is 2.54. The summed E-state index contributed by atoms with van der Waals surface area (Å²) in [5, 5.41) is 41.7. The van der Waals surface area contributed by atoms with Crippen LogP contribution in [0.25, 0.3) is 21.8 Å². The number of imide groups is 1. The van der Waals surface area contributed by atoms with Crippen molar-refractivity contribution < 1.29 is 101 Å². The first-order valence-corrected chi connectivity index (χ1v) is 36.4. The average Bonchev–Trinajstić information content (AvgIpc) is 1.58. The topological polar surface area (TPSA) is 468 Å². The summed E-state index contributed by atoms with van der Waals surface area (Å²) in [5.74, 6) is -5.55. The van der Waals surface area contributed by atoms with Gasteiger partial charge in [-0.05, 0) is 96.7 Å². The molecule has 7 heterocycles. The number of rotatable bonds is 33. The van der Waals surface area contributed by atoms with Crippen molar-refractivity contribution in [2.75, 3.05) is 134 Å². The Labute approximate surface area is 635 Å². The Bertz CT molecular complexity index is 4610. The number of hydrogen-bond donors (Lipinski definition) is 11. The fourth-order valence-corrected chi connectivity index (χ4v) is 14.9. The molecule has 0 radical (unpaired) electrons. The number of phenolic OH excluding ortho intramolecular Hbond substituents is 2. The van der Waals surface area contributed by atoms with E-state index in [1.165, 1.54) is 40.9 Å². The Morgan fingerprint density at radius 2 is 1.40 bits per heavy atom. The molecular formula is C74H89ClN14O21. The molecule has 0 bridgehead atoms. The summed E-state index contributed by atoms with van der Waals surface area (Å²) >= 11 is 6.76. The number of anilines is 3. The van der Waals surface area contributed by atoms with Gasteiger partial charge in [0, 0.05) is 123 Å². The number of aryl methyl sites for hydroxylation is 1. The van der Waals surface area contributed by atoms with Gasteiger partial charge in [0.2, 0.25) is 5.91 Å². The highest BCUT2D eigenvalue weighted by molar-refractivity contribution is 6.18. The highest BCUT2D eigenvalue weighted by Gasteiger charge is 2.48. The van der Waals surface area contributed by atoms with Gasteiger partial charge in [-0.3, -0.25) is 38.6 Å². The van der Waals surface area contributed by atoms with E-state index in [1.807, 2.05) is 6.92 Å². The Morgan fingerprint density at radius 1 is 0.773 bits per heavy atom. The number of aromatic nitrogens is 3. The number of fused-ring (bicyclic) bond motifs is 9. The van der Waals surface area contributed by atoms with Gasteiger partial charge >= 0.3 is 30.3 Å². The average molecular weight is 1550 g/mol. The first-order valence-electron chi connectivity index (χ1n) is 35.8. The number of aromatic hydroxyl groups is 2. The number of aliphatic hydroxyl groups is 1. The number of nitrogens with two attached hydrogens (primary N) is 2. The molecule has 588 valence electrons. The minimum atomic E-state index is -1.08. The summed E-state index contributed by atoms with van der Waals surface area (Å²) in [6, 6.07) is 7.06. The molecule has 0 saturated carbocycles. The molecular weight excluding hydrogens is 1460 g/mol. The van der Waals surface area contributed by atoms with Crippen molar-refractivity contribution in [3.63, 3.8) is 0 Å². The largest absolute Gasteiger partial charge is 0.503 e. The van der Waals surface area contributed by atoms with Crippen molar-refractivity contribution in [1.29, 1.82) is 0 Å². The van der Waals surface area contributed by atoms with Crippen LogP contribution in [0.5, 0.6) is 23.0 Å². The van der Waals surface area contributed by atoms with Gasteiger partial charge in [0.1, 0.15) is 24.6 Å². The van der Waals surface area contributed by atoms with Crippen LogP contribution in [0.1, 0.15) is 99.6 Å². The monoisotopic (exact) mass is 1540 g/mol. The van der Waals surface area contributed by atoms with E-state index in [9.17, 15) is 63.3 Å². The molecule has 4 aliphatic heterocycles. The molecule has 110 heavy (non-hydrogen) atoms. The maximum atomic E-state index is 15.2. The van der Waals surface area contributed by atoms with Crippen molar-refractivity contribution in [3.05, 3.63) is 111 Å². The van der Waals surface area contributed by atoms with E-state index in [4.69, 9.17) is 56.2 Å². The summed E-state index contributed by atoms with van der Waals surface area (Å²) in [4.78, 5) is 163. The van der Waals surface area contributed by atoms with Gasteiger partial charge in [-0.1, -0.05) is 26.0 Å². The van der Waals surface area contributed by atoms with Gasteiger partial charge in [0.15, 0.2) is 34.9 Å². The maximum absolute atomic E-state index is 15.2. The highest BCUT2D eigenvalue weighted by atomic mass is 35.5. The van der Waals surface area contributed by atoms with E-state index in [1.54, 1.807) is 67.4 Å². The lowest BCUT2D eigenvalue weighted by Crippen LogP contribution is -2.46. The number of likely N-dealkylation sites (N-methyl/N-ethyl adjacent to an activating group) is 1. The van der Waals surface area contributed by atoms with Crippen molar-refractivity contribution in [2.24, 2.45) is 29.2 Å². The number of alkyl halides is 1. The summed E-state index contributed by atoms with van der Waals surface area (Å²) < 4.78 is 39.5. The minimum absolute atomic E-state index is 0.00424. The number of allylic oxidation sites excluding steroid dienone is 1. The zero-order valence-electron chi connectivity index (χ0n) is 61.5. The molecule has 3 aromatic carbocycles. The molecule has 13 N–H and O–H groups in total. The second kappa shape index (κ2) is 34.8. The molecule has 11 rings (SSSR count). The first-order chi connectivity index (χ1) is 52.8. The first kappa shape index (κ1) is 79.5. The third-order valence-electron chi connectivity index (χ3n) is 20.1. The molecule has 1 fully saturated rings. The van der Waals surface area contributed by atoms with Crippen molar-refractivity contribution in [2.45, 2.75) is 77.5 Å². The Balaban J connectivity index is 0.722. The number of hydrogen-bond acceptors (Lipinski definition) is 21. The van der Waals surface area contributed by atoms with Gasteiger partial charge in [0.25, 0.3) is 23.6 Å². The van der Waals surface area contributed by atoms with Crippen LogP contribution in [0.2, 0.25) is 0 Å². The van der Waals surface area contributed by atoms with Gasteiger partial charge in [-0.2, -0.15) is 0 Å². The number of alkyl carbamates (subject to hydrolysis) is 1. The minimum Gasteiger partial charge on any atom is -0.503 e. The molecule has 1 aliphatic carbocycles. The fourth-order valence-electron chi connectivity index (χ4n) is 14.7. The number of halogens is 1. The van der Waals surface area contributed by atoms with Crippen LogP contribution >= 0.6 is 11.6 Å². The number of amides is 12. The molecule has 2 unspecified atom stereocenters. The number of H-pyrrole nitrogens is 3. The predicted octanol–water partition coefficient (Wildman–Crippen LogP) is 5.76. The number of ketones is 1. The Kier molecular flexibility index (Phi) is 25.1. The van der Waals surface area contributed by atoms with E-state index < -0.39 is 95.6 Å². The Hall–Kier alpha value is -11.6. The van der Waals surface area contributed by atoms with E-state index in [0.29, 0.717) is 62.0 Å². The number of nitrogens with zero attached hydrogens (tertiary/aromatic N) is 6. The number of benzene rings is 3. The molecule has 35 nitrogen and oxygen atoms in total. The normalized spacial score (nSPS) is 16.7. The predicted molar refractivity (Wildman–Crippen MR) is 397 cm³/mol. The number of likely N-dealkylation sites (tertiary alicyclic amines) is 1. The van der Waals surface area contributed by atoms with Gasteiger partial charge in [0.05, 0.1) is 87.9 Å². The number of nitrogens with one attached hydrogen (secondary N) is 6. The van der Waals surface area contributed by atoms with Crippen LogP contribution < -0.4 is 46.7 Å². The lowest BCUT2D eigenvalue weighted by molar-refractivity contribution is -0.137. The van der Waals surface area contributed by atoms with Crippen LogP contribution in [-0.2, 0) is 62.3 Å². The number of carbonyl (C=O) groups is 11.